The maximum absolute atomic E-state index is 12.8. The van der Waals surface area contributed by atoms with Gasteiger partial charge >= 0.3 is 0 Å². The molecule has 1 aromatic heterocycles. The van der Waals surface area contributed by atoms with Crippen molar-refractivity contribution in [2.24, 2.45) is 0 Å². The smallest absolute Gasteiger partial charge is 0.244 e. The van der Waals surface area contributed by atoms with Crippen LogP contribution in [0, 0.1) is 0 Å². The number of fused-ring (bicyclic) bond motifs is 1. The maximum Gasteiger partial charge on any atom is 0.244 e. The third kappa shape index (κ3) is 5.51. The molecule has 160 valence electrons. The van der Waals surface area contributed by atoms with Gasteiger partial charge in [-0.05, 0) is 49.2 Å². The average Bonchev–Trinajstić information content (AvgIpc) is 3.27. The van der Waals surface area contributed by atoms with Crippen LogP contribution in [0.1, 0.15) is 41.1 Å². The van der Waals surface area contributed by atoms with E-state index < -0.39 is 0 Å². The second kappa shape index (κ2) is 10.4. The summed E-state index contributed by atoms with van der Waals surface area (Å²) in [7, 11) is 4.02. The Balaban J connectivity index is 0.00000150. The largest absolute Gasteiger partial charge is 0.340 e. The third-order valence-corrected chi connectivity index (χ3v) is 5.75. The molecule has 1 amide bonds. The summed E-state index contributed by atoms with van der Waals surface area (Å²) in [5.74, 6) is 0.550. The Morgan fingerprint density at radius 1 is 1.24 bits per heavy atom. The second-order valence-corrected chi connectivity index (χ2v) is 7.98. The lowest BCUT2D eigenvalue weighted by Crippen LogP contribution is -2.33. The van der Waals surface area contributed by atoms with Crippen molar-refractivity contribution in [2.45, 2.75) is 44.9 Å². The lowest BCUT2D eigenvalue weighted by molar-refractivity contribution is -0.131. The fraction of sp³-hybridized carbons (Fsp3) is 0.524. The highest BCUT2D eigenvalue weighted by Gasteiger charge is 2.21. The zero-order chi connectivity index (χ0) is 18.8. The van der Waals surface area contributed by atoms with Crippen LogP contribution < -0.4 is 5.32 Å². The zero-order valence-corrected chi connectivity index (χ0v) is 18.8. The molecule has 2 aliphatic heterocycles. The van der Waals surface area contributed by atoms with Crippen molar-refractivity contribution in [2.75, 3.05) is 27.2 Å². The normalized spacial score (nSPS) is 18.5. The van der Waals surface area contributed by atoms with E-state index in [-0.39, 0.29) is 30.7 Å². The minimum atomic E-state index is 0. The first kappa shape index (κ1) is 23.7. The van der Waals surface area contributed by atoms with E-state index in [4.69, 9.17) is 0 Å². The number of amides is 1. The fourth-order valence-corrected chi connectivity index (χ4v) is 4.25. The van der Waals surface area contributed by atoms with E-state index in [9.17, 15) is 4.79 Å². The minimum Gasteiger partial charge on any atom is -0.340 e. The Hall–Kier alpha value is -1.60. The molecule has 0 spiro atoms. The minimum absolute atomic E-state index is 0. The van der Waals surface area contributed by atoms with Crippen molar-refractivity contribution in [3.05, 3.63) is 52.8 Å². The summed E-state index contributed by atoms with van der Waals surface area (Å²) in [5.41, 5.74) is 5.15. The van der Waals surface area contributed by atoms with Crippen LogP contribution in [0.4, 0.5) is 0 Å². The number of hydrogen-bond acceptors (Lipinski definition) is 4. The number of likely N-dealkylation sites (N-methyl/N-ethyl adjacent to an activating group) is 1. The molecular weight excluding hydrogens is 409 g/mol. The van der Waals surface area contributed by atoms with Crippen LogP contribution in [0.5, 0.6) is 0 Å². The number of carbonyl (C=O) groups excluding carboxylic acids is 1. The molecule has 1 fully saturated rings. The number of nitrogens with one attached hydrogen (secondary N) is 1. The van der Waals surface area contributed by atoms with Crippen molar-refractivity contribution in [1.82, 2.24) is 24.9 Å². The lowest BCUT2D eigenvalue weighted by atomic mass is 9.96. The molecule has 3 heterocycles. The van der Waals surface area contributed by atoms with Gasteiger partial charge in [0.1, 0.15) is 6.54 Å². The van der Waals surface area contributed by atoms with E-state index in [2.05, 4.69) is 46.6 Å². The van der Waals surface area contributed by atoms with E-state index in [0.717, 1.165) is 32.6 Å². The highest BCUT2D eigenvalue weighted by molar-refractivity contribution is 5.85. The molecule has 8 heteroatoms. The number of aromatic nitrogens is 2. The molecule has 0 bridgehead atoms. The molecule has 6 nitrogen and oxygen atoms in total. The topological polar surface area (TPSA) is 53.4 Å². The molecule has 2 aliphatic rings. The number of piperidine rings is 1. The zero-order valence-electron chi connectivity index (χ0n) is 17.1. The molecule has 1 N–H and O–H groups in total. The molecule has 1 saturated heterocycles. The van der Waals surface area contributed by atoms with Gasteiger partial charge in [-0.2, -0.15) is 5.10 Å². The first-order valence-corrected chi connectivity index (χ1v) is 9.86. The molecule has 0 aliphatic carbocycles. The van der Waals surface area contributed by atoms with Gasteiger partial charge in [0.25, 0.3) is 0 Å². The molecular formula is C21H31Cl2N5O. The molecule has 2 aromatic rings. The van der Waals surface area contributed by atoms with Crippen LogP contribution in [0.3, 0.4) is 0 Å². The van der Waals surface area contributed by atoms with E-state index >= 15 is 0 Å². The Morgan fingerprint density at radius 2 is 2.03 bits per heavy atom. The van der Waals surface area contributed by atoms with Crippen LogP contribution in [-0.4, -0.2) is 52.7 Å². The van der Waals surface area contributed by atoms with Crippen molar-refractivity contribution in [3.63, 3.8) is 0 Å². The van der Waals surface area contributed by atoms with E-state index in [0.29, 0.717) is 19.0 Å². The van der Waals surface area contributed by atoms with Crippen molar-refractivity contribution in [3.8, 4) is 0 Å². The van der Waals surface area contributed by atoms with Gasteiger partial charge in [0.05, 0.1) is 0 Å². The number of halogens is 2. The van der Waals surface area contributed by atoms with Gasteiger partial charge in [0, 0.05) is 51.0 Å². The average molecular weight is 440 g/mol. The molecule has 29 heavy (non-hydrogen) atoms. The van der Waals surface area contributed by atoms with Gasteiger partial charge in [0.2, 0.25) is 5.91 Å². The van der Waals surface area contributed by atoms with Gasteiger partial charge in [-0.25, -0.2) is 0 Å². The van der Waals surface area contributed by atoms with Crippen LogP contribution >= 0.6 is 24.8 Å². The molecule has 0 radical (unpaired) electrons. The molecule has 1 aromatic carbocycles. The van der Waals surface area contributed by atoms with Gasteiger partial charge < -0.3 is 10.2 Å². The van der Waals surface area contributed by atoms with Crippen LogP contribution in [0.2, 0.25) is 0 Å². The summed E-state index contributed by atoms with van der Waals surface area (Å²) in [6.45, 7) is 5.01. The number of hydrogen-bond donors (Lipinski definition) is 1. The highest BCUT2D eigenvalue weighted by atomic mass is 35.5. The Labute approximate surface area is 185 Å². The summed E-state index contributed by atoms with van der Waals surface area (Å²) >= 11 is 0. The predicted octanol–water partition coefficient (Wildman–Crippen LogP) is 2.80. The lowest BCUT2D eigenvalue weighted by Gasteiger charge is -2.24. The van der Waals surface area contributed by atoms with Gasteiger partial charge in [0.15, 0.2) is 0 Å². The van der Waals surface area contributed by atoms with Gasteiger partial charge in [-0.1, -0.05) is 18.2 Å². The number of benzene rings is 1. The summed E-state index contributed by atoms with van der Waals surface area (Å²) < 4.78 is 1.88. The highest BCUT2D eigenvalue weighted by Crippen LogP contribution is 2.24. The molecule has 0 saturated carbocycles. The van der Waals surface area contributed by atoms with Crippen molar-refractivity contribution < 1.29 is 4.79 Å². The Bertz CT molecular complexity index is 819. The van der Waals surface area contributed by atoms with Crippen LogP contribution in [-0.2, 0) is 31.0 Å². The number of rotatable bonds is 5. The van der Waals surface area contributed by atoms with E-state index in [1.54, 1.807) is 0 Å². The number of carbonyl (C=O) groups is 1. The first-order valence-electron chi connectivity index (χ1n) is 9.86. The molecule has 1 atom stereocenters. The van der Waals surface area contributed by atoms with Crippen molar-refractivity contribution in [1.29, 1.82) is 0 Å². The number of nitrogens with zero attached hydrogens (tertiary/aromatic N) is 4. The van der Waals surface area contributed by atoms with Crippen LogP contribution in [0.25, 0.3) is 0 Å². The summed E-state index contributed by atoms with van der Waals surface area (Å²) in [6.07, 6.45) is 4.15. The Morgan fingerprint density at radius 3 is 2.79 bits per heavy atom. The van der Waals surface area contributed by atoms with Crippen molar-refractivity contribution >= 4 is 30.7 Å². The molecule has 1 unspecified atom stereocenters. The Kier molecular flexibility index (Phi) is 8.52. The summed E-state index contributed by atoms with van der Waals surface area (Å²) in [4.78, 5) is 16.9. The quantitative estimate of drug-likeness (QED) is 0.777. The van der Waals surface area contributed by atoms with Gasteiger partial charge in [-0.3, -0.25) is 14.4 Å². The van der Waals surface area contributed by atoms with E-state index in [1.165, 1.54) is 28.8 Å². The standard InChI is InChI=1S/C21H29N5O.2ClH/c1-24-13-18-6-5-16(10-19(18)14-24)12-25(2)21(27)15-26-20(7-9-23-26)17-4-3-8-22-11-17;;/h5-7,9-10,17,22H,3-4,8,11-15H2,1-2H3;2*1H. The summed E-state index contributed by atoms with van der Waals surface area (Å²) in [5, 5.41) is 7.85. The second-order valence-electron chi connectivity index (χ2n) is 7.98. The monoisotopic (exact) mass is 439 g/mol. The SMILES string of the molecule is CN1Cc2ccc(CN(C)C(=O)Cn3nccc3C3CCCNC3)cc2C1.Cl.Cl. The van der Waals surface area contributed by atoms with Crippen LogP contribution in [0.15, 0.2) is 30.5 Å². The third-order valence-electron chi connectivity index (χ3n) is 5.75. The fourth-order valence-electron chi connectivity index (χ4n) is 4.25. The maximum atomic E-state index is 12.8. The van der Waals surface area contributed by atoms with E-state index in [1.807, 2.05) is 22.8 Å². The molecule has 4 rings (SSSR count). The summed E-state index contributed by atoms with van der Waals surface area (Å²) in [6, 6.07) is 8.65. The first-order chi connectivity index (χ1) is 13.1. The predicted molar refractivity (Wildman–Crippen MR) is 120 cm³/mol. The van der Waals surface area contributed by atoms with Gasteiger partial charge in [-0.15, -0.1) is 24.8 Å².